The van der Waals surface area contributed by atoms with Gasteiger partial charge in [0.05, 0.1) is 6.61 Å². The van der Waals surface area contributed by atoms with Crippen molar-refractivity contribution in [2.75, 3.05) is 25.0 Å². The molecule has 0 atom stereocenters. The van der Waals surface area contributed by atoms with Gasteiger partial charge in [-0.1, -0.05) is 19.3 Å². The van der Waals surface area contributed by atoms with Crippen LogP contribution in [0.4, 0.5) is 5.69 Å². The van der Waals surface area contributed by atoms with Crippen molar-refractivity contribution in [1.29, 1.82) is 0 Å². The molecule has 1 fully saturated rings. The zero-order chi connectivity index (χ0) is 14.7. The minimum atomic E-state index is 0.0364. The first-order valence-corrected chi connectivity index (χ1v) is 8.08. The number of hydrogen-bond donors (Lipinski definition) is 2. The van der Waals surface area contributed by atoms with Crippen molar-refractivity contribution in [3.63, 3.8) is 0 Å². The molecule has 114 valence electrons. The van der Waals surface area contributed by atoms with Gasteiger partial charge < -0.3 is 15.3 Å². The highest BCUT2D eigenvalue weighted by Crippen LogP contribution is 2.27. The van der Waals surface area contributed by atoms with E-state index < -0.39 is 0 Å². The average molecular weight is 288 g/mol. The molecule has 1 amide bonds. The van der Waals surface area contributed by atoms with Crippen LogP contribution in [0.15, 0.2) is 18.2 Å². The van der Waals surface area contributed by atoms with E-state index in [1.165, 1.54) is 24.8 Å². The first kappa shape index (κ1) is 14.4. The summed E-state index contributed by atoms with van der Waals surface area (Å²) in [5, 5.41) is 12.6. The number of rotatable bonds is 4. The van der Waals surface area contributed by atoms with Gasteiger partial charge in [-0.3, -0.25) is 4.79 Å². The summed E-state index contributed by atoms with van der Waals surface area (Å²) >= 11 is 0. The van der Waals surface area contributed by atoms with Crippen LogP contribution < -0.4 is 5.32 Å². The van der Waals surface area contributed by atoms with Gasteiger partial charge >= 0.3 is 0 Å². The quantitative estimate of drug-likeness (QED) is 0.894. The monoisotopic (exact) mass is 288 g/mol. The molecule has 4 heteroatoms. The molecule has 1 aliphatic carbocycles. The van der Waals surface area contributed by atoms with Crippen molar-refractivity contribution in [2.45, 2.75) is 44.6 Å². The van der Waals surface area contributed by atoms with Crippen LogP contribution in [0, 0.1) is 0 Å². The van der Waals surface area contributed by atoms with E-state index in [0.717, 1.165) is 37.1 Å². The molecule has 4 nitrogen and oxygen atoms in total. The average Bonchev–Trinajstić information content (AvgIpc) is 3.00. The Hall–Kier alpha value is -1.55. The minimum Gasteiger partial charge on any atom is -0.395 e. The van der Waals surface area contributed by atoms with Crippen LogP contribution in [0.2, 0.25) is 0 Å². The summed E-state index contributed by atoms with van der Waals surface area (Å²) in [5.74, 6) is 0.0747. The summed E-state index contributed by atoms with van der Waals surface area (Å²) < 4.78 is 0. The number of anilines is 1. The van der Waals surface area contributed by atoms with Gasteiger partial charge in [-0.25, -0.2) is 0 Å². The third-order valence-corrected chi connectivity index (χ3v) is 4.68. The number of benzene rings is 1. The Morgan fingerprint density at radius 2 is 2.10 bits per heavy atom. The Morgan fingerprint density at radius 1 is 1.29 bits per heavy atom. The number of aliphatic hydroxyl groups excluding tert-OH is 1. The Balaban J connectivity index is 1.79. The number of hydrogen-bond acceptors (Lipinski definition) is 3. The Morgan fingerprint density at radius 3 is 2.86 bits per heavy atom. The molecule has 3 rings (SSSR count). The second-order valence-corrected chi connectivity index (χ2v) is 6.06. The lowest BCUT2D eigenvalue weighted by Crippen LogP contribution is -2.43. The van der Waals surface area contributed by atoms with Crippen LogP contribution in [0.5, 0.6) is 0 Å². The lowest BCUT2D eigenvalue weighted by Gasteiger charge is -2.34. The maximum atomic E-state index is 12.8. The zero-order valence-electron chi connectivity index (χ0n) is 12.5. The molecule has 0 aromatic heterocycles. The van der Waals surface area contributed by atoms with Crippen molar-refractivity contribution < 1.29 is 9.90 Å². The van der Waals surface area contributed by atoms with E-state index in [1.54, 1.807) is 0 Å². The van der Waals surface area contributed by atoms with Crippen LogP contribution >= 0.6 is 0 Å². The molecule has 1 heterocycles. The fourth-order valence-electron chi connectivity index (χ4n) is 3.55. The maximum absolute atomic E-state index is 12.8. The van der Waals surface area contributed by atoms with Gasteiger partial charge in [-0.05, 0) is 43.0 Å². The first-order valence-electron chi connectivity index (χ1n) is 8.08. The standard InChI is InChI=1S/C17H24N2O2/c20-11-10-19(15-4-2-1-3-5-15)17(21)14-6-7-16-13(12-14)8-9-18-16/h6-7,12,15,18,20H,1-5,8-11H2. The fourth-order valence-corrected chi connectivity index (χ4v) is 3.55. The molecule has 0 saturated heterocycles. The van der Waals surface area contributed by atoms with Crippen molar-refractivity contribution in [3.8, 4) is 0 Å². The van der Waals surface area contributed by atoms with Gasteiger partial charge in [0.25, 0.3) is 5.91 Å². The summed E-state index contributed by atoms with van der Waals surface area (Å²) in [7, 11) is 0. The Bertz CT molecular complexity index is 510. The molecule has 1 aromatic rings. The van der Waals surface area contributed by atoms with Crippen LogP contribution in [-0.2, 0) is 6.42 Å². The molecule has 0 spiro atoms. The normalized spacial score (nSPS) is 18.1. The van der Waals surface area contributed by atoms with Crippen molar-refractivity contribution >= 4 is 11.6 Å². The molecule has 0 unspecified atom stereocenters. The molecular formula is C17H24N2O2. The number of nitrogens with zero attached hydrogens (tertiary/aromatic N) is 1. The zero-order valence-corrected chi connectivity index (χ0v) is 12.5. The number of nitrogens with one attached hydrogen (secondary N) is 1. The fraction of sp³-hybridized carbons (Fsp3) is 0.588. The predicted octanol–water partition coefficient (Wildman–Crippen LogP) is 2.42. The molecule has 2 N–H and O–H groups in total. The molecule has 2 aliphatic rings. The van der Waals surface area contributed by atoms with E-state index in [2.05, 4.69) is 5.32 Å². The molecule has 0 radical (unpaired) electrons. The van der Waals surface area contributed by atoms with E-state index in [9.17, 15) is 9.90 Å². The lowest BCUT2D eigenvalue weighted by molar-refractivity contribution is 0.0585. The SMILES string of the molecule is O=C(c1ccc2c(c1)CCN2)N(CCO)C1CCCCC1. The highest BCUT2D eigenvalue weighted by molar-refractivity contribution is 5.95. The number of carbonyl (C=O) groups is 1. The van der Waals surface area contributed by atoms with Gasteiger partial charge in [0.15, 0.2) is 0 Å². The summed E-state index contributed by atoms with van der Waals surface area (Å²) in [4.78, 5) is 14.7. The third kappa shape index (κ3) is 3.05. The van der Waals surface area contributed by atoms with E-state index in [4.69, 9.17) is 0 Å². The smallest absolute Gasteiger partial charge is 0.254 e. The summed E-state index contributed by atoms with van der Waals surface area (Å²) in [6.45, 7) is 1.43. The summed E-state index contributed by atoms with van der Waals surface area (Å²) in [6, 6.07) is 6.23. The third-order valence-electron chi connectivity index (χ3n) is 4.68. The number of aliphatic hydroxyl groups is 1. The van der Waals surface area contributed by atoms with E-state index in [-0.39, 0.29) is 12.5 Å². The summed E-state index contributed by atoms with van der Waals surface area (Å²) in [6.07, 6.45) is 6.76. The van der Waals surface area contributed by atoms with Crippen molar-refractivity contribution in [2.24, 2.45) is 0 Å². The predicted molar refractivity (Wildman–Crippen MR) is 83.6 cm³/mol. The largest absolute Gasteiger partial charge is 0.395 e. The van der Waals surface area contributed by atoms with Gasteiger partial charge in [0, 0.05) is 30.4 Å². The first-order chi connectivity index (χ1) is 10.3. The second-order valence-electron chi connectivity index (χ2n) is 6.06. The molecule has 1 aliphatic heterocycles. The van der Waals surface area contributed by atoms with Crippen LogP contribution in [0.1, 0.15) is 48.0 Å². The molecular weight excluding hydrogens is 264 g/mol. The Labute approximate surface area is 126 Å². The van der Waals surface area contributed by atoms with Gasteiger partial charge in [0.2, 0.25) is 0 Å². The number of carbonyl (C=O) groups excluding carboxylic acids is 1. The summed E-state index contributed by atoms with van der Waals surface area (Å²) in [5.41, 5.74) is 3.14. The highest BCUT2D eigenvalue weighted by Gasteiger charge is 2.26. The van der Waals surface area contributed by atoms with Crippen molar-refractivity contribution in [1.82, 2.24) is 4.90 Å². The van der Waals surface area contributed by atoms with Gasteiger partial charge in [0.1, 0.15) is 0 Å². The molecule has 21 heavy (non-hydrogen) atoms. The van der Waals surface area contributed by atoms with Gasteiger partial charge in [-0.2, -0.15) is 0 Å². The highest BCUT2D eigenvalue weighted by atomic mass is 16.3. The van der Waals surface area contributed by atoms with Crippen LogP contribution in [0.3, 0.4) is 0 Å². The Kier molecular flexibility index (Phi) is 4.44. The minimum absolute atomic E-state index is 0.0364. The van der Waals surface area contributed by atoms with Gasteiger partial charge in [-0.15, -0.1) is 0 Å². The lowest BCUT2D eigenvalue weighted by atomic mass is 9.93. The second kappa shape index (κ2) is 6.48. The molecule has 0 bridgehead atoms. The van der Waals surface area contributed by atoms with E-state index >= 15 is 0 Å². The van der Waals surface area contributed by atoms with E-state index in [0.29, 0.717) is 12.6 Å². The molecule has 1 aromatic carbocycles. The van der Waals surface area contributed by atoms with E-state index in [1.807, 2.05) is 23.1 Å². The number of fused-ring (bicyclic) bond motifs is 1. The maximum Gasteiger partial charge on any atom is 0.254 e. The number of amides is 1. The van der Waals surface area contributed by atoms with Crippen LogP contribution in [0.25, 0.3) is 0 Å². The molecule has 1 saturated carbocycles. The van der Waals surface area contributed by atoms with Crippen molar-refractivity contribution in [3.05, 3.63) is 29.3 Å². The van der Waals surface area contributed by atoms with Crippen LogP contribution in [-0.4, -0.2) is 41.7 Å². The topological polar surface area (TPSA) is 52.6 Å².